The highest BCUT2D eigenvalue weighted by Crippen LogP contribution is 2.32. The Bertz CT molecular complexity index is 747. The van der Waals surface area contributed by atoms with Gasteiger partial charge in [-0.05, 0) is 60.2 Å². The van der Waals surface area contributed by atoms with E-state index < -0.39 is 5.91 Å². The Kier molecular flexibility index (Phi) is 4.74. The average Bonchev–Trinajstić information content (AvgIpc) is 2.94. The first kappa shape index (κ1) is 16.1. The van der Waals surface area contributed by atoms with Crippen LogP contribution >= 0.6 is 35.5 Å². The Hall–Kier alpha value is -1.77. The van der Waals surface area contributed by atoms with Gasteiger partial charge in [0.15, 0.2) is 0 Å². The van der Waals surface area contributed by atoms with Gasteiger partial charge in [-0.15, -0.1) is 11.3 Å². The van der Waals surface area contributed by atoms with Crippen LogP contribution in [0.25, 0.3) is 0 Å². The summed E-state index contributed by atoms with van der Waals surface area (Å²) in [5.74, 6) is -0.493. The van der Waals surface area contributed by atoms with Gasteiger partial charge in [0.25, 0.3) is 11.1 Å². The van der Waals surface area contributed by atoms with E-state index in [-0.39, 0.29) is 6.10 Å². The maximum atomic E-state index is 11.8. The minimum atomic E-state index is -0.493. The monoisotopic (exact) mass is 365 g/mol. The molecule has 0 radical (unpaired) electrons. The second-order valence-corrected chi connectivity index (χ2v) is 7.53. The number of thiophene rings is 1. The van der Waals surface area contributed by atoms with Crippen LogP contribution in [0.5, 0.6) is 0 Å². The second-order valence-electron chi connectivity index (χ2n) is 5.10. The van der Waals surface area contributed by atoms with Gasteiger partial charge in [0, 0.05) is 12.1 Å². The Morgan fingerprint density at radius 1 is 1.57 bits per heavy atom. The van der Waals surface area contributed by atoms with Crippen LogP contribution in [0.15, 0.2) is 33.9 Å². The van der Waals surface area contributed by atoms with E-state index in [2.05, 4.69) is 10.0 Å². The third-order valence-electron chi connectivity index (χ3n) is 3.32. The maximum absolute atomic E-state index is 11.8. The molecule has 0 aliphatic carbocycles. The smallest absolute Gasteiger partial charge is 0.261 e. The number of rotatable bonds is 4. The van der Waals surface area contributed by atoms with E-state index in [1.807, 2.05) is 30.5 Å². The maximum Gasteiger partial charge on any atom is 0.261 e. The van der Waals surface area contributed by atoms with Crippen LogP contribution in [0.1, 0.15) is 22.8 Å². The highest BCUT2D eigenvalue weighted by Gasteiger charge is 2.20. The highest BCUT2D eigenvalue weighted by molar-refractivity contribution is 8.02. The molecule has 0 spiro atoms. The van der Waals surface area contributed by atoms with Gasteiger partial charge in [-0.2, -0.15) is 0 Å². The van der Waals surface area contributed by atoms with Gasteiger partial charge in [0.05, 0.1) is 15.5 Å². The summed E-state index contributed by atoms with van der Waals surface area (Å²) in [5.41, 5.74) is 8.41. The molecular weight excluding hydrogens is 350 g/mol. The molecule has 1 unspecified atom stereocenters. The molecule has 23 heavy (non-hydrogen) atoms. The zero-order valence-electron chi connectivity index (χ0n) is 12.3. The first-order chi connectivity index (χ1) is 11.0. The van der Waals surface area contributed by atoms with Gasteiger partial charge in [-0.3, -0.25) is 4.79 Å². The van der Waals surface area contributed by atoms with E-state index in [1.165, 1.54) is 11.9 Å². The predicted molar refractivity (Wildman–Crippen MR) is 99.2 cm³/mol. The minimum absolute atomic E-state index is 0.0338. The van der Waals surface area contributed by atoms with Crippen molar-refractivity contribution in [2.24, 2.45) is 5.73 Å². The van der Waals surface area contributed by atoms with Crippen molar-refractivity contribution < 1.29 is 9.53 Å². The van der Waals surface area contributed by atoms with Gasteiger partial charge >= 0.3 is 0 Å². The van der Waals surface area contributed by atoms with Gasteiger partial charge in [0.1, 0.15) is 6.10 Å². The van der Waals surface area contributed by atoms with E-state index in [9.17, 15) is 4.79 Å². The number of amides is 1. The van der Waals surface area contributed by atoms with E-state index in [1.54, 1.807) is 17.4 Å². The normalized spacial score (nSPS) is 16.7. The largest absolute Gasteiger partial charge is 0.467 e. The van der Waals surface area contributed by atoms with Gasteiger partial charge < -0.3 is 20.5 Å². The molecule has 1 aromatic heterocycles. The van der Waals surface area contributed by atoms with Gasteiger partial charge in [0.2, 0.25) is 0 Å². The summed E-state index contributed by atoms with van der Waals surface area (Å²) in [6.07, 6.45) is 0.660. The number of fused-ring (bicyclic) bond motifs is 1. The molecule has 2 heterocycles. The van der Waals surface area contributed by atoms with Crippen molar-refractivity contribution in [3.05, 3.63) is 40.8 Å². The van der Waals surface area contributed by atoms with Crippen molar-refractivity contribution in [2.45, 2.75) is 23.7 Å². The first-order valence-electron chi connectivity index (χ1n) is 6.93. The number of benzene rings is 1. The molecule has 1 aliphatic heterocycles. The molecule has 8 heteroatoms. The third-order valence-corrected chi connectivity index (χ3v) is 5.38. The molecule has 1 aliphatic rings. The van der Waals surface area contributed by atoms with Crippen LogP contribution in [0.3, 0.4) is 0 Å². The van der Waals surface area contributed by atoms with Crippen LogP contribution < -0.4 is 15.8 Å². The Morgan fingerprint density at radius 3 is 3.09 bits per heavy atom. The topological polar surface area (TPSA) is 76.4 Å². The summed E-state index contributed by atoms with van der Waals surface area (Å²) < 4.78 is 9.85. The van der Waals surface area contributed by atoms with Crippen molar-refractivity contribution >= 4 is 58.0 Å². The molecule has 0 bridgehead atoms. The molecule has 2 aromatic rings. The quantitative estimate of drug-likeness (QED) is 0.567. The van der Waals surface area contributed by atoms with E-state index in [0.29, 0.717) is 22.8 Å². The van der Waals surface area contributed by atoms with Crippen LogP contribution in [-0.4, -0.2) is 17.2 Å². The molecule has 1 aromatic carbocycles. The summed E-state index contributed by atoms with van der Waals surface area (Å²) in [6.45, 7) is 1.96. The van der Waals surface area contributed by atoms with Crippen molar-refractivity contribution in [3.63, 3.8) is 0 Å². The number of carbonyl (C=O) groups is 1. The Labute approximate surface area is 147 Å². The van der Waals surface area contributed by atoms with Gasteiger partial charge in [-0.1, -0.05) is 6.07 Å². The SMILES string of the molecule is CC1Cc2cc(NSc3cccs3)c(C(N)=O)cc2NC(=S)O1. The lowest BCUT2D eigenvalue weighted by molar-refractivity contribution is 0.100. The summed E-state index contributed by atoms with van der Waals surface area (Å²) in [5, 5.41) is 5.32. The second kappa shape index (κ2) is 6.77. The number of nitrogens with one attached hydrogen (secondary N) is 2. The van der Waals surface area contributed by atoms with Crippen molar-refractivity contribution in [1.82, 2.24) is 0 Å². The molecule has 4 N–H and O–H groups in total. The predicted octanol–water partition coefficient (Wildman–Crippen LogP) is 3.62. The number of hydrogen-bond donors (Lipinski definition) is 3. The molecule has 3 rings (SSSR count). The Morgan fingerprint density at radius 2 is 2.39 bits per heavy atom. The Balaban J connectivity index is 1.94. The number of anilines is 2. The van der Waals surface area contributed by atoms with Crippen LogP contribution in [0.2, 0.25) is 0 Å². The number of nitrogens with two attached hydrogens (primary N) is 1. The summed E-state index contributed by atoms with van der Waals surface area (Å²) in [7, 11) is 0. The van der Waals surface area contributed by atoms with Crippen LogP contribution in [0, 0.1) is 0 Å². The average molecular weight is 366 g/mol. The third kappa shape index (κ3) is 3.77. The van der Waals surface area contributed by atoms with Crippen LogP contribution in [-0.2, 0) is 11.2 Å². The molecule has 0 saturated heterocycles. The fourth-order valence-corrected chi connectivity index (χ4v) is 4.05. The molecule has 1 atom stereocenters. The molecule has 0 fully saturated rings. The fraction of sp³-hybridized carbons (Fsp3) is 0.200. The lowest BCUT2D eigenvalue weighted by Gasteiger charge is -2.14. The highest BCUT2D eigenvalue weighted by atomic mass is 32.2. The number of primary amides is 1. The summed E-state index contributed by atoms with van der Waals surface area (Å²) in [4.78, 5) is 11.8. The number of hydrogen-bond acceptors (Lipinski definition) is 6. The van der Waals surface area contributed by atoms with E-state index in [0.717, 1.165) is 15.5 Å². The first-order valence-corrected chi connectivity index (χ1v) is 9.04. The molecule has 0 saturated carbocycles. The molecular formula is C15H15N3O2S3. The van der Waals surface area contributed by atoms with E-state index in [4.69, 9.17) is 22.7 Å². The zero-order valence-corrected chi connectivity index (χ0v) is 14.7. The van der Waals surface area contributed by atoms with Crippen molar-refractivity contribution in [1.29, 1.82) is 0 Å². The van der Waals surface area contributed by atoms with Crippen molar-refractivity contribution in [2.75, 3.05) is 10.0 Å². The number of carbonyl (C=O) groups excluding carboxylic acids is 1. The van der Waals surface area contributed by atoms with Crippen LogP contribution in [0.4, 0.5) is 11.4 Å². The van der Waals surface area contributed by atoms with Crippen molar-refractivity contribution in [3.8, 4) is 0 Å². The standard InChI is InChI=1S/C15H15N3O2S3/c1-8-5-9-6-12(18-23-13-3-2-4-22-13)10(14(16)19)7-11(9)17-15(21)20-8/h2-4,6-8,18H,5H2,1H3,(H2,16,19)(H,17,21). The summed E-state index contributed by atoms with van der Waals surface area (Å²) >= 11 is 8.20. The lowest BCUT2D eigenvalue weighted by atomic mass is 10.0. The van der Waals surface area contributed by atoms with E-state index >= 15 is 0 Å². The number of thiocarbonyl (C=S) groups is 1. The van der Waals surface area contributed by atoms with Gasteiger partial charge in [-0.25, -0.2) is 0 Å². The number of ether oxygens (including phenoxy) is 1. The molecule has 5 nitrogen and oxygen atoms in total. The molecule has 1 amide bonds. The fourth-order valence-electron chi connectivity index (χ4n) is 2.32. The minimum Gasteiger partial charge on any atom is -0.467 e. The zero-order chi connectivity index (χ0) is 16.4. The summed E-state index contributed by atoms with van der Waals surface area (Å²) in [6, 6.07) is 7.63. The molecule has 120 valence electrons. The lowest BCUT2D eigenvalue weighted by Crippen LogP contribution is -2.17.